The fraction of sp³-hybridized carbons (Fsp3) is 0.500. The van der Waals surface area contributed by atoms with Gasteiger partial charge in [-0.15, -0.1) is 0 Å². The number of hydrogen-bond donors (Lipinski definition) is 1. The molecule has 0 bridgehead atoms. The van der Waals surface area contributed by atoms with Crippen LogP contribution in [0.3, 0.4) is 0 Å². The standard InChI is InChI=1S/C14H18N4O/c19-9-5-11-2-1-8-18(10-11)13-4-3-12-14(17-13)16-7-6-15-12/h3-4,6-7,11,19H,1-2,5,8-10H2. The van der Waals surface area contributed by atoms with Gasteiger partial charge in [-0.2, -0.15) is 0 Å². The van der Waals surface area contributed by atoms with Crippen molar-refractivity contribution >= 4 is 17.0 Å². The van der Waals surface area contributed by atoms with Crippen molar-refractivity contribution in [2.45, 2.75) is 19.3 Å². The third-order valence-electron chi connectivity index (χ3n) is 3.70. The maximum Gasteiger partial charge on any atom is 0.180 e. The van der Waals surface area contributed by atoms with Crippen molar-refractivity contribution in [2.75, 3.05) is 24.6 Å². The highest BCUT2D eigenvalue weighted by atomic mass is 16.3. The van der Waals surface area contributed by atoms with E-state index in [1.54, 1.807) is 12.4 Å². The van der Waals surface area contributed by atoms with Gasteiger partial charge >= 0.3 is 0 Å². The number of fused-ring (bicyclic) bond motifs is 1. The minimum Gasteiger partial charge on any atom is -0.396 e. The van der Waals surface area contributed by atoms with Crippen molar-refractivity contribution in [3.63, 3.8) is 0 Å². The molecule has 0 radical (unpaired) electrons. The van der Waals surface area contributed by atoms with E-state index in [1.807, 2.05) is 12.1 Å². The average Bonchev–Trinajstić information content (AvgIpc) is 2.47. The van der Waals surface area contributed by atoms with Crippen LogP contribution in [0.4, 0.5) is 5.82 Å². The second kappa shape index (κ2) is 5.48. The zero-order valence-corrected chi connectivity index (χ0v) is 10.9. The lowest BCUT2D eigenvalue weighted by Gasteiger charge is -2.33. The van der Waals surface area contributed by atoms with E-state index >= 15 is 0 Å². The molecule has 1 saturated heterocycles. The molecule has 2 aromatic heterocycles. The molecule has 1 fully saturated rings. The van der Waals surface area contributed by atoms with Crippen LogP contribution in [0, 0.1) is 5.92 Å². The molecule has 5 heteroatoms. The third kappa shape index (κ3) is 2.66. The van der Waals surface area contributed by atoms with Crippen molar-refractivity contribution in [3.05, 3.63) is 24.5 Å². The van der Waals surface area contributed by atoms with Crippen LogP contribution in [0.1, 0.15) is 19.3 Å². The van der Waals surface area contributed by atoms with Gasteiger partial charge < -0.3 is 10.0 Å². The number of rotatable bonds is 3. The smallest absolute Gasteiger partial charge is 0.180 e. The zero-order valence-electron chi connectivity index (χ0n) is 10.9. The lowest BCUT2D eigenvalue weighted by Crippen LogP contribution is -2.36. The summed E-state index contributed by atoms with van der Waals surface area (Å²) in [7, 11) is 0. The second-order valence-electron chi connectivity index (χ2n) is 5.04. The van der Waals surface area contributed by atoms with Crippen LogP contribution in [0.25, 0.3) is 11.2 Å². The number of aromatic nitrogens is 3. The van der Waals surface area contributed by atoms with E-state index in [0.29, 0.717) is 11.6 Å². The van der Waals surface area contributed by atoms with Gasteiger partial charge in [-0.25, -0.2) is 9.97 Å². The lowest BCUT2D eigenvalue weighted by atomic mass is 9.95. The summed E-state index contributed by atoms with van der Waals surface area (Å²) < 4.78 is 0. The third-order valence-corrected chi connectivity index (χ3v) is 3.70. The number of pyridine rings is 1. The highest BCUT2D eigenvalue weighted by Gasteiger charge is 2.20. The molecule has 3 rings (SSSR count). The van der Waals surface area contributed by atoms with Crippen LogP contribution in [-0.2, 0) is 0 Å². The summed E-state index contributed by atoms with van der Waals surface area (Å²) in [5, 5.41) is 9.06. The Hall–Kier alpha value is -1.75. The number of aliphatic hydroxyl groups excluding tert-OH is 1. The van der Waals surface area contributed by atoms with Crippen molar-refractivity contribution in [1.82, 2.24) is 15.0 Å². The fourth-order valence-corrected chi connectivity index (χ4v) is 2.71. The highest BCUT2D eigenvalue weighted by Crippen LogP contribution is 2.24. The monoisotopic (exact) mass is 258 g/mol. The van der Waals surface area contributed by atoms with Gasteiger partial charge in [0.15, 0.2) is 5.65 Å². The number of aliphatic hydroxyl groups is 1. The molecule has 2 aromatic rings. The Morgan fingerprint density at radius 2 is 2.16 bits per heavy atom. The first-order chi connectivity index (χ1) is 9.36. The predicted molar refractivity (Wildman–Crippen MR) is 74.0 cm³/mol. The summed E-state index contributed by atoms with van der Waals surface area (Å²) in [5.41, 5.74) is 1.53. The summed E-state index contributed by atoms with van der Waals surface area (Å²) >= 11 is 0. The van der Waals surface area contributed by atoms with Gasteiger partial charge in [0, 0.05) is 32.1 Å². The molecule has 19 heavy (non-hydrogen) atoms. The Morgan fingerprint density at radius 3 is 3.05 bits per heavy atom. The van der Waals surface area contributed by atoms with Crippen molar-refractivity contribution in [3.8, 4) is 0 Å². The molecule has 1 aliphatic rings. The molecule has 1 unspecified atom stereocenters. The summed E-state index contributed by atoms with van der Waals surface area (Å²) in [6.07, 6.45) is 6.59. The Kier molecular flexibility index (Phi) is 3.55. The average molecular weight is 258 g/mol. The Labute approximate surface area is 112 Å². The molecular weight excluding hydrogens is 240 g/mol. The quantitative estimate of drug-likeness (QED) is 0.906. The van der Waals surface area contributed by atoms with E-state index in [2.05, 4.69) is 19.9 Å². The van der Waals surface area contributed by atoms with E-state index in [9.17, 15) is 0 Å². The molecular formula is C14H18N4O. The first-order valence-corrected chi connectivity index (χ1v) is 6.80. The maximum absolute atomic E-state index is 9.06. The van der Waals surface area contributed by atoms with Crippen LogP contribution in [0.2, 0.25) is 0 Å². The van der Waals surface area contributed by atoms with Crippen LogP contribution in [0.5, 0.6) is 0 Å². The largest absolute Gasteiger partial charge is 0.396 e. The van der Waals surface area contributed by atoms with Gasteiger partial charge in [0.2, 0.25) is 0 Å². The number of anilines is 1. The second-order valence-corrected chi connectivity index (χ2v) is 5.04. The Morgan fingerprint density at radius 1 is 1.26 bits per heavy atom. The van der Waals surface area contributed by atoms with E-state index in [4.69, 9.17) is 5.11 Å². The predicted octanol–water partition coefficient (Wildman–Crippen LogP) is 1.62. The zero-order chi connectivity index (χ0) is 13.1. The van der Waals surface area contributed by atoms with E-state index in [-0.39, 0.29) is 6.61 Å². The van der Waals surface area contributed by atoms with Gasteiger partial charge in [-0.05, 0) is 37.3 Å². The maximum atomic E-state index is 9.06. The van der Waals surface area contributed by atoms with Crippen LogP contribution in [-0.4, -0.2) is 39.8 Å². The normalized spacial score (nSPS) is 19.8. The summed E-state index contributed by atoms with van der Waals surface area (Å²) in [4.78, 5) is 15.4. The molecule has 0 aliphatic carbocycles. The van der Waals surface area contributed by atoms with E-state index in [0.717, 1.165) is 37.3 Å². The molecule has 0 spiro atoms. The van der Waals surface area contributed by atoms with E-state index < -0.39 is 0 Å². The van der Waals surface area contributed by atoms with Gasteiger partial charge in [0.25, 0.3) is 0 Å². The molecule has 100 valence electrons. The molecule has 3 heterocycles. The fourth-order valence-electron chi connectivity index (χ4n) is 2.71. The van der Waals surface area contributed by atoms with Crippen LogP contribution in [0.15, 0.2) is 24.5 Å². The first-order valence-electron chi connectivity index (χ1n) is 6.80. The SMILES string of the molecule is OCCC1CCCN(c2ccc3nccnc3n2)C1. The Balaban J connectivity index is 1.83. The topological polar surface area (TPSA) is 62.1 Å². The van der Waals surface area contributed by atoms with Gasteiger partial charge in [0.05, 0.1) is 0 Å². The molecule has 1 N–H and O–H groups in total. The molecule has 1 aliphatic heterocycles. The summed E-state index contributed by atoms with van der Waals surface area (Å²) in [6, 6.07) is 3.98. The number of nitrogens with zero attached hydrogens (tertiary/aromatic N) is 4. The van der Waals surface area contributed by atoms with Crippen molar-refractivity contribution in [2.24, 2.45) is 5.92 Å². The minimum atomic E-state index is 0.273. The highest BCUT2D eigenvalue weighted by molar-refractivity contribution is 5.71. The molecule has 0 aromatic carbocycles. The van der Waals surface area contributed by atoms with Crippen LogP contribution < -0.4 is 4.90 Å². The van der Waals surface area contributed by atoms with Gasteiger partial charge in [-0.1, -0.05) is 0 Å². The summed E-state index contributed by atoms with van der Waals surface area (Å²) in [5.74, 6) is 1.54. The van der Waals surface area contributed by atoms with E-state index in [1.165, 1.54) is 6.42 Å². The van der Waals surface area contributed by atoms with Crippen molar-refractivity contribution < 1.29 is 5.11 Å². The Bertz CT molecular complexity index is 558. The molecule has 5 nitrogen and oxygen atoms in total. The summed E-state index contributed by atoms with van der Waals surface area (Å²) in [6.45, 7) is 2.27. The lowest BCUT2D eigenvalue weighted by molar-refractivity contribution is 0.244. The molecule has 1 atom stereocenters. The van der Waals surface area contributed by atoms with Crippen LogP contribution >= 0.6 is 0 Å². The van der Waals surface area contributed by atoms with Crippen molar-refractivity contribution in [1.29, 1.82) is 0 Å². The van der Waals surface area contributed by atoms with Gasteiger partial charge in [0.1, 0.15) is 11.3 Å². The number of hydrogen-bond acceptors (Lipinski definition) is 5. The molecule has 0 saturated carbocycles. The first kappa shape index (κ1) is 12.3. The number of piperidine rings is 1. The van der Waals surface area contributed by atoms with Gasteiger partial charge in [-0.3, -0.25) is 4.98 Å². The minimum absolute atomic E-state index is 0.273. The molecule has 0 amide bonds.